The zero-order valence-corrected chi connectivity index (χ0v) is 14.8. The average molecular weight is 360 g/mol. The monoisotopic (exact) mass is 360 g/mol. The molecule has 1 aromatic heterocycles. The van der Waals surface area contributed by atoms with Crippen LogP contribution in [-0.2, 0) is 11.2 Å². The molecule has 2 aliphatic rings. The van der Waals surface area contributed by atoms with Gasteiger partial charge in [0.05, 0.1) is 17.6 Å². The maximum atomic E-state index is 11.5. The normalized spacial score (nSPS) is 15.7. The zero-order chi connectivity index (χ0) is 17.5. The Balaban J connectivity index is 1.49. The van der Waals surface area contributed by atoms with Gasteiger partial charge in [0.25, 0.3) is 0 Å². The highest BCUT2D eigenvalue weighted by atomic mass is 32.2. The molecule has 0 saturated carbocycles. The summed E-state index contributed by atoms with van der Waals surface area (Å²) in [5, 5.41) is 8.63. The van der Waals surface area contributed by atoms with Crippen LogP contribution in [0.5, 0.6) is 0 Å². The van der Waals surface area contributed by atoms with E-state index in [2.05, 4.69) is 23.5 Å². The fourth-order valence-electron chi connectivity index (χ4n) is 3.27. The third-order valence-electron chi connectivity index (χ3n) is 4.63. The van der Waals surface area contributed by atoms with Gasteiger partial charge >= 0.3 is 0 Å². The first-order valence-corrected chi connectivity index (χ1v) is 9.53. The van der Waals surface area contributed by atoms with Crippen molar-refractivity contribution >= 4 is 29.1 Å². The van der Waals surface area contributed by atoms with Crippen LogP contribution in [-0.4, -0.2) is 27.0 Å². The Morgan fingerprint density at radius 2 is 1.92 bits per heavy atom. The largest absolute Gasteiger partial charge is 0.326 e. The van der Waals surface area contributed by atoms with Crippen molar-refractivity contribution in [1.29, 1.82) is 0 Å². The van der Waals surface area contributed by atoms with Crippen LogP contribution in [0.3, 0.4) is 0 Å². The van der Waals surface area contributed by atoms with Gasteiger partial charge in [0.1, 0.15) is 0 Å². The number of amides is 1. The number of hydrogen-bond donors (Lipinski definition) is 1. The molecular formula is C20H16N4OS. The minimum absolute atomic E-state index is 0.0901. The van der Waals surface area contributed by atoms with E-state index in [1.807, 2.05) is 41.2 Å². The lowest BCUT2D eigenvalue weighted by molar-refractivity contribution is -0.116. The molecule has 26 heavy (non-hydrogen) atoms. The number of rotatable bonds is 2. The van der Waals surface area contributed by atoms with Crippen molar-refractivity contribution < 1.29 is 4.79 Å². The molecule has 0 unspecified atom stereocenters. The van der Waals surface area contributed by atoms with Crippen LogP contribution < -0.4 is 5.32 Å². The summed E-state index contributed by atoms with van der Waals surface area (Å²) in [4.78, 5) is 16.2. The molecule has 2 aromatic carbocycles. The van der Waals surface area contributed by atoms with E-state index in [0.717, 1.165) is 45.6 Å². The maximum Gasteiger partial charge on any atom is 0.224 e. The summed E-state index contributed by atoms with van der Waals surface area (Å²) in [6.07, 6.45) is 3.31. The minimum atomic E-state index is 0.0901. The van der Waals surface area contributed by atoms with Crippen molar-refractivity contribution in [2.75, 3.05) is 11.1 Å². The summed E-state index contributed by atoms with van der Waals surface area (Å²) in [5.74, 6) is 0.878. The number of benzene rings is 2. The van der Waals surface area contributed by atoms with Gasteiger partial charge in [-0.15, -0.1) is 0 Å². The van der Waals surface area contributed by atoms with Crippen LogP contribution in [0.25, 0.3) is 11.3 Å². The first-order chi connectivity index (χ1) is 12.8. The Morgan fingerprint density at radius 3 is 2.81 bits per heavy atom. The van der Waals surface area contributed by atoms with Crippen molar-refractivity contribution in [2.45, 2.75) is 18.0 Å². The van der Waals surface area contributed by atoms with Crippen LogP contribution in [0.2, 0.25) is 0 Å². The predicted molar refractivity (Wildman–Crippen MR) is 104 cm³/mol. The number of imidazole rings is 1. The summed E-state index contributed by atoms with van der Waals surface area (Å²) in [5.41, 5.74) is 6.26. The fraction of sp³-hybridized carbons (Fsp3) is 0.150. The number of aryl methyl sites for hydroxylation is 1. The molecule has 0 fully saturated rings. The number of nitrogens with zero attached hydrogens (tertiary/aromatic N) is 3. The van der Waals surface area contributed by atoms with Crippen molar-refractivity contribution in [2.24, 2.45) is 5.10 Å². The molecule has 0 aliphatic carbocycles. The molecule has 0 atom stereocenters. The van der Waals surface area contributed by atoms with Crippen molar-refractivity contribution in [3.8, 4) is 11.3 Å². The van der Waals surface area contributed by atoms with E-state index in [9.17, 15) is 4.79 Å². The number of carbonyl (C=O) groups excluding carboxylic acids is 1. The summed E-state index contributed by atoms with van der Waals surface area (Å²) in [6.45, 7) is 0. The van der Waals surface area contributed by atoms with Crippen molar-refractivity contribution in [3.63, 3.8) is 0 Å². The second-order valence-corrected chi connectivity index (χ2v) is 7.32. The molecule has 0 bridgehead atoms. The van der Waals surface area contributed by atoms with E-state index in [-0.39, 0.29) is 5.91 Å². The SMILES string of the molecule is O=C1CCc2cc(C3=Nn4cc(-c5ccccc5)nc4SC3)ccc2N1. The standard InChI is InChI=1S/C20H16N4OS/c25-19-9-7-14-10-15(6-8-16(14)21-19)18-12-26-20-22-17(11-24(20)23-18)13-4-2-1-3-5-13/h1-6,8,10-11H,7,9,12H2,(H,21,25). The molecule has 1 amide bonds. The number of carbonyl (C=O) groups is 1. The summed E-state index contributed by atoms with van der Waals surface area (Å²) < 4.78 is 1.87. The molecule has 1 N–H and O–H groups in total. The Morgan fingerprint density at radius 1 is 1.04 bits per heavy atom. The molecule has 5 rings (SSSR count). The van der Waals surface area contributed by atoms with Gasteiger partial charge in [-0.05, 0) is 29.7 Å². The zero-order valence-electron chi connectivity index (χ0n) is 14.0. The Labute approximate surface area is 155 Å². The van der Waals surface area contributed by atoms with Crippen LogP contribution >= 0.6 is 11.8 Å². The van der Waals surface area contributed by atoms with Gasteiger partial charge in [-0.1, -0.05) is 48.2 Å². The number of thioether (sulfide) groups is 1. The minimum Gasteiger partial charge on any atom is -0.326 e. The highest BCUT2D eigenvalue weighted by molar-refractivity contribution is 7.99. The van der Waals surface area contributed by atoms with E-state index in [0.29, 0.717) is 6.42 Å². The third-order valence-corrected chi connectivity index (χ3v) is 5.58. The van der Waals surface area contributed by atoms with Crippen molar-refractivity contribution in [1.82, 2.24) is 9.66 Å². The Bertz CT molecular complexity index is 1040. The van der Waals surface area contributed by atoms with E-state index in [4.69, 9.17) is 10.1 Å². The van der Waals surface area contributed by atoms with Crippen LogP contribution in [0.1, 0.15) is 17.5 Å². The fourth-order valence-corrected chi connectivity index (χ4v) is 4.15. The molecular weight excluding hydrogens is 344 g/mol. The maximum absolute atomic E-state index is 11.5. The summed E-state index contributed by atoms with van der Waals surface area (Å²) in [6, 6.07) is 16.3. The second-order valence-electron chi connectivity index (χ2n) is 6.37. The van der Waals surface area contributed by atoms with Gasteiger partial charge in [-0.25, -0.2) is 9.66 Å². The van der Waals surface area contributed by atoms with E-state index in [1.54, 1.807) is 11.8 Å². The molecule has 2 aliphatic heterocycles. The number of nitrogens with one attached hydrogen (secondary N) is 1. The highest BCUT2D eigenvalue weighted by Gasteiger charge is 2.20. The number of fused-ring (bicyclic) bond motifs is 2. The number of anilines is 1. The molecule has 3 heterocycles. The van der Waals surface area contributed by atoms with E-state index >= 15 is 0 Å². The molecule has 0 saturated heterocycles. The number of hydrogen-bond acceptors (Lipinski definition) is 4. The first-order valence-electron chi connectivity index (χ1n) is 8.55. The summed E-state index contributed by atoms with van der Waals surface area (Å²) in [7, 11) is 0. The van der Waals surface area contributed by atoms with Crippen molar-refractivity contribution in [3.05, 3.63) is 65.9 Å². The lowest BCUT2D eigenvalue weighted by atomic mass is 9.99. The van der Waals surface area contributed by atoms with Crippen LogP contribution in [0, 0.1) is 0 Å². The van der Waals surface area contributed by atoms with E-state index < -0.39 is 0 Å². The number of aromatic nitrogens is 2. The second kappa shape index (κ2) is 6.14. The lowest BCUT2D eigenvalue weighted by Crippen LogP contribution is -2.20. The molecule has 5 nitrogen and oxygen atoms in total. The third kappa shape index (κ3) is 2.72. The Kier molecular flexibility index (Phi) is 3.64. The van der Waals surface area contributed by atoms with Gasteiger partial charge in [-0.2, -0.15) is 5.10 Å². The summed E-state index contributed by atoms with van der Waals surface area (Å²) >= 11 is 1.70. The molecule has 6 heteroatoms. The molecule has 0 spiro atoms. The quantitative estimate of drug-likeness (QED) is 0.756. The lowest BCUT2D eigenvalue weighted by Gasteiger charge is -2.19. The van der Waals surface area contributed by atoms with Gasteiger partial charge in [-0.3, -0.25) is 4.79 Å². The average Bonchev–Trinajstić information content (AvgIpc) is 3.11. The molecule has 128 valence electrons. The predicted octanol–water partition coefficient (Wildman–Crippen LogP) is 3.79. The topological polar surface area (TPSA) is 59.3 Å². The van der Waals surface area contributed by atoms with Gasteiger partial charge in [0.15, 0.2) is 5.16 Å². The van der Waals surface area contributed by atoms with Crippen LogP contribution in [0.4, 0.5) is 5.69 Å². The molecule has 3 aromatic rings. The smallest absolute Gasteiger partial charge is 0.224 e. The van der Waals surface area contributed by atoms with Gasteiger partial charge in [0, 0.05) is 23.4 Å². The Hall–Kier alpha value is -2.86. The highest BCUT2D eigenvalue weighted by Crippen LogP contribution is 2.30. The molecule has 0 radical (unpaired) electrons. The first kappa shape index (κ1) is 15.4. The van der Waals surface area contributed by atoms with Gasteiger partial charge in [0.2, 0.25) is 5.91 Å². The van der Waals surface area contributed by atoms with Crippen LogP contribution in [0.15, 0.2) is 65.0 Å². The van der Waals surface area contributed by atoms with E-state index in [1.165, 1.54) is 5.56 Å². The van der Waals surface area contributed by atoms with Gasteiger partial charge < -0.3 is 5.32 Å².